The van der Waals surface area contributed by atoms with Crippen molar-refractivity contribution >= 4 is 11.6 Å². The van der Waals surface area contributed by atoms with Gasteiger partial charge in [0.05, 0.1) is 5.41 Å². The molecule has 0 N–H and O–H groups in total. The molecule has 0 spiro atoms. The molecule has 0 aromatic carbocycles. The molecule has 0 aliphatic heterocycles. The summed E-state index contributed by atoms with van der Waals surface area (Å²) >= 11 is 5.88. The van der Waals surface area contributed by atoms with E-state index in [1.165, 1.54) is 0 Å². The maximum absolute atomic E-state index is 5.88. The first-order chi connectivity index (χ1) is 5.58. The third-order valence-electron chi connectivity index (χ3n) is 1.79. The zero-order valence-electron chi connectivity index (χ0n) is 7.13. The van der Waals surface area contributed by atoms with E-state index in [-0.39, 0.29) is 5.41 Å². The van der Waals surface area contributed by atoms with Crippen molar-refractivity contribution in [1.82, 2.24) is 4.98 Å². The van der Waals surface area contributed by atoms with E-state index >= 15 is 0 Å². The Morgan fingerprint density at radius 2 is 2.25 bits per heavy atom. The van der Waals surface area contributed by atoms with Gasteiger partial charge < -0.3 is 0 Å². The molecule has 0 aliphatic rings. The largest absolute Gasteiger partial charge is 0.244 e. The first kappa shape index (κ1) is 9.09. The van der Waals surface area contributed by atoms with E-state index in [2.05, 4.69) is 10.9 Å². The molecule has 1 nitrogen and oxygen atoms in total. The molecule has 62 valence electrons. The highest BCUT2D eigenvalue weighted by Crippen LogP contribution is 2.26. The number of terminal acetylenes is 1. The van der Waals surface area contributed by atoms with Crippen molar-refractivity contribution in [3.05, 3.63) is 29.0 Å². The van der Waals surface area contributed by atoms with Gasteiger partial charge in [0.1, 0.15) is 5.15 Å². The fourth-order valence-electron chi connectivity index (χ4n) is 0.930. The van der Waals surface area contributed by atoms with Crippen LogP contribution in [0.1, 0.15) is 19.4 Å². The van der Waals surface area contributed by atoms with Gasteiger partial charge in [0.2, 0.25) is 0 Å². The smallest absolute Gasteiger partial charge is 0.133 e. The molecule has 0 radical (unpaired) electrons. The van der Waals surface area contributed by atoms with Crippen LogP contribution in [-0.2, 0) is 5.41 Å². The second kappa shape index (κ2) is 3.16. The number of nitrogens with zero attached hydrogens (tertiary/aromatic N) is 1. The average molecular weight is 180 g/mol. The molecule has 0 unspecified atom stereocenters. The fourth-order valence-corrected chi connectivity index (χ4v) is 1.29. The molecular weight excluding hydrogens is 170 g/mol. The van der Waals surface area contributed by atoms with Gasteiger partial charge in [-0.1, -0.05) is 23.6 Å². The van der Waals surface area contributed by atoms with Crippen molar-refractivity contribution in [1.29, 1.82) is 0 Å². The first-order valence-corrected chi connectivity index (χ1v) is 4.04. The minimum Gasteiger partial charge on any atom is -0.244 e. The number of halogens is 1. The standard InChI is InChI=1S/C10H10ClN/c1-4-10(2,3)8-6-5-7-12-9(8)11/h1,5-7H,2-3H3. The van der Waals surface area contributed by atoms with Crippen LogP contribution < -0.4 is 0 Å². The average Bonchev–Trinajstić information content (AvgIpc) is 2.05. The zero-order chi connectivity index (χ0) is 9.19. The van der Waals surface area contributed by atoms with Crippen LogP contribution in [0.5, 0.6) is 0 Å². The van der Waals surface area contributed by atoms with Gasteiger partial charge in [-0.2, -0.15) is 0 Å². The van der Waals surface area contributed by atoms with Crippen LogP contribution in [-0.4, -0.2) is 4.98 Å². The predicted octanol–water partition coefficient (Wildman–Crippen LogP) is 2.65. The van der Waals surface area contributed by atoms with E-state index in [1.807, 2.05) is 26.0 Å². The number of hydrogen-bond acceptors (Lipinski definition) is 1. The molecule has 0 bridgehead atoms. The van der Waals surface area contributed by atoms with Gasteiger partial charge >= 0.3 is 0 Å². The topological polar surface area (TPSA) is 12.9 Å². The summed E-state index contributed by atoms with van der Waals surface area (Å²) in [5.74, 6) is 2.67. The van der Waals surface area contributed by atoms with Gasteiger partial charge in [0.15, 0.2) is 0 Å². The van der Waals surface area contributed by atoms with Gasteiger partial charge in [-0.05, 0) is 19.9 Å². The van der Waals surface area contributed by atoms with Crippen LogP contribution >= 0.6 is 11.6 Å². The summed E-state index contributed by atoms with van der Waals surface area (Å²) in [6, 6.07) is 3.73. The van der Waals surface area contributed by atoms with Crippen molar-refractivity contribution in [2.45, 2.75) is 19.3 Å². The van der Waals surface area contributed by atoms with Crippen molar-refractivity contribution < 1.29 is 0 Å². The number of hydrogen-bond donors (Lipinski definition) is 0. The Balaban J connectivity index is 3.22. The lowest BCUT2D eigenvalue weighted by molar-refractivity contribution is 0.695. The molecule has 1 heterocycles. The number of aromatic nitrogens is 1. The van der Waals surface area contributed by atoms with Crippen LogP contribution in [0.2, 0.25) is 5.15 Å². The van der Waals surface area contributed by atoms with Crippen LogP contribution in [0.25, 0.3) is 0 Å². The van der Waals surface area contributed by atoms with Crippen LogP contribution in [0.15, 0.2) is 18.3 Å². The van der Waals surface area contributed by atoms with Gasteiger partial charge in [-0.15, -0.1) is 6.42 Å². The highest BCUT2D eigenvalue weighted by molar-refractivity contribution is 6.30. The lowest BCUT2D eigenvalue weighted by atomic mass is 9.87. The molecule has 0 saturated carbocycles. The third-order valence-corrected chi connectivity index (χ3v) is 2.09. The molecule has 2 heteroatoms. The molecule has 1 aromatic heterocycles. The molecule has 1 rings (SSSR count). The maximum Gasteiger partial charge on any atom is 0.133 e. The van der Waals surface area contributed by atoms with E-state index in [4.69, 9.17) is 18.0 Å². The molecule has 0 saturated heterocycles. The van der Waals surface area contributed by atoms with Crippen LogP contribution in [0, 0.1) is 12.3 Å². The Hall–Kier alpha value is -1.00. The highest BCUT2D eigenvalue weighted by atomic mass is 35.5. The third kappa shape index (κ3) is 1.60. The summed E-state index contributed by atoms with van der Waals surface area (Å²) in [7, 11) is 0. The Bertz CT molecular complexity index is 323. The minimum absolute atomic E-state index is 0.342. The molecule has 0 atom stereocenters. The normalized spacial score (nSPS) is 10.8. The summed E-state index contributed by atoms with van der Waals surface area (Å²) < 4.78 is 0. The van der Waals surface area contributed by atoms with Gasteiger partial charge in [-0.25, -0.2) is 4.98 Å². The number of pyridine rings is 1. The Labute approximate surface area is 77.8 Å². The second-order valence-electron chi connectivity index (χ2n) is 3.11. The summed E-state index contributed by atoms with van der Waals surface area (Å²) in [6.07, 6.45) is 7.02. The minimum atomic E-state index is -0.342. The van der Waals surface area contributed by atoms with Gasteiger partial charge in [-0.3, -0.25) is 0 Å². The van der Waals surface area contributed by atoms with Gasteiger partial charge in [0.25, 0.3) is 0 Å². The lowest BCUT2D eigenvalue weighted by Gasteiger charge is -2.18. The van der Waals surface area contributed by atoms with Gasteiger partial charge in [0, 0.05) is 11.8 Å². The monoisotopic (exact) mass is 179 g/mol. The Morgan fingerprint density at radius 3 is 2.75 bits per heavy atom. The van der Waals surface area contributed by atoms with Crippen molar-refractivity contribution in [3.8, 4) is 12.3 Å². The molecular formula is C10H10ClN. The second-order valence-corrected chi connectivity index (χ2v) is 3.47. The van der Waals surface area contributed by atoms with E-state index < -0.39 is 0 Å². The Morgan fingerprint density at radius 1 is 1.58 bits per heavy atom. The molecule has 0 amide bonds. The zero-order valence-corrected chi connectivity index (χ0v) is 7.89. The molecule has 1 aromatic rings. The molecule has 12 heavy (non-hydrogen) atoms. The SMILES string of the molecule is C#CC(C)(C)c1cccnc1Cl. The van der Waals surface area contributed by atoms with Crippen LogP contribution in [0.4, 0.5) is 0 Å². The highest BCUT2D eigenvalue weighted by Gasteiger charge is 2.20. The van der Waals surface area contributed by atoms with Crippen molar-refractivity contribution in [3.63, 3.8) is 0 Å². The first-order valence-electron chi connectivity index (χ1n) is 3.66. The molecule has 0 fully saturated rings. The molecule has 0 aliphatic carbocycles. The maximum atomic E-state index is 5.88. The van der Waals surface area contributed by atoms with Crippen molar-refractivity contribution in [2.75, 3.05) is 0 Å². The Kier molecular flexibility index (Phi) is 2.40. The lowest BCUT2D eigenvalue weighted by Crippen LogP contribution is -2.14. The summed E-state index contributed by atoms with van der Waals surface area (Å²) in [5.41, 5.74) is 0.555. The number of rotatable bonds is 1. The van der Waals surface area contributed by atoms with Crippen molar-refractivity contribution in [2.24, 2.45) is 0 Å². The quantitative estimate of drug-likeness (QED) is 0.477. The summed E-state index contributed by atoms with van der Waals surface area (Å²) in [6.45, 7) is 3.88. The van der Waals surface area contributed by atoms with E-state index in [9.17, 15) is 0 Å². The van der Waals surface area contributed by atoms with E-state index in [0.717, 1.165) is 5.56 Å². The van der Waals surface area contributed by atoms with E-state index in [1.54, 1.807) is 6.20 Å². The van der Waals surface area contributed by atoms with E-state index in [0.29, 0.717) is 5.15 Å². The summed E-state index contributed by atoms with van der Waals surface area (Å²) in [4.78, 5) is 3.96. The summed E-state index contributed by atoms with van der Waals surface area (Å²) in [5, 5.41) is 0.487. The van der Waals surface area contributed by atoms with Crippen LogP contribution in [0.3, 0.4) is 0 Å². The predicted molar refractivity (Wildman–Crippen MR) is 51.1 cm³/mol. The fraction of sp³-hybridized carbons (Fsp3) is 0.300.